The molecule has 1 N–H and O–H groups in total. The third kappa shape index (κ3) is 5.66. The first-order valence-electron chi connectivity index (χ1n) is 14.2. The fourth-order valence-corrected chi connectivity index (χ4v) is 7.20. The van der Waals surface area contributed by atoms with Crippen molar-refractivity contribution in [2.24, 2.45) is 11.3 Å². The third-order valence-corrected chi connectivity index (χ3v) is 9.77. The van der Waals surface area contributed by atoms with E-state index < -0.39 is 5.41 Å². The molecule has 3 aromatic rings. The summed E-state index contributed by atoms with van der Waals surface area (Å²) >= 11 is 1.51. The number of hydrogen-bond acceptors (Lipinski definition) is 6. The smallest absolute Gasteiger partial charge is 0.254 e. The summed E-state index contributed by atoms with van der Waals surface area (Å²) in [6, 6.07) is 16.0. The second-order valence-corrected chi connectivity index (χ2v) is 12.4. The normalized spacial score (nSPS) is 21.6. The summed E-state index contributed by atoms with van der Waals surface area (Å²) in [6.45, 7) is 0.955. The number of hydrogen-bond donors (Lipinski definition) is 1. The zero-order valence-electron chi connectivity index (χ0n) is 22.7. The Bertz CT molecular complexity index is 1520. The predicted octanol–water partition coefficient (Wildman–Crippen LogP) is 5.72. The Morgan fingerprint density at radius 2 is 1.78 bits per heavy atom. The van der Waals surface area contributed by atoms with E-state index in [2.05, 4.69) is 11.4 Å². The SMILES string of the molecule is N#CC1(CC(=O)[C@@H]2CCCC[C@H]2c2nc(-c3ccc(F)cc3)sc2-c2ccc(C(=O)N3CCNC(=O)C3)cc2)CC1. The molecule has 41 heavy (non-hydrogen) atoms. The zero-order valence-corrected chi connectivity index (χ0v) is 23.5. The first kappa shape index (κ1) is 27.3. The lowest BCUT2D eigenvalue weighted by Gasteiger charge is -2.30. The van der Waals surface area contributed by atoms with Crippen LogP contribution in [0.2, 0.25) is 0 Å². The zero-order chi connectivity index (χ0) is 28.6. The number of benzene rings is 2. The van der Waals surface area contributed by atoms with Gasteiger partial charge in [0.25, 0.3) is 5.91 Å². The van der Waals surface area contributed by atoms with E-state index in [0.717, 1.165) is 65.2 Å². The Hall–Kier alpha value is -3.90. The molecule has 7 nitrogen and oxygen atoms in total. The summed E-state index contributed by atoms with van der Waals surface area (Å²) in [6.07, 6.45) is 5.47. The monoisotopic (exact) mass is 570 g/mol. The maximum atomic E-state index is 13.7. The van der Waals surface area contributed by atoms with Gasteiger partial charge in [-0.1, -0.05) is 25.0 Å². The average molecular weight is 571 g/mol. The Labute approximate surface area is 242 Å². The van der Waals surface area contributed by atoms with E-state index in [1.165, 1.54) is 23.5 Å². The first-order chi connectivity index (χ1) is 19.9. The minimum atomic E-state index is -0.485. The Kier molecular flexibility index (Phi) is 7.43. The van der Waals surface area contributed by atoms with Crippen LogP contribution in [0.5, 0.6) is 0 Å². The summed E-state index contributed by atoms with van der Waals surface area (Å²) in [5.74, 6) is -0.777. The van der Waals surface area contributed by atoms with Crippen LogP contribution < -0.4 is 5.32 Å². The molecule has 0 radical (unpaired) electrons. The highest BCUT2D eigenvalue weighted by molar-refractivity contribution is 7.18. The Morgan fingerprint density at radius 3 is 2.46 bits per heavy atom. The standard InChI is InChI=1S/C32H31FN4O3S/c33-23-11-9-21(10-12-23)30-36-28(25-4-2-1-3-24(25)26(38)17-32(19-34)13-14-32)29(41-30)20-5-7-22(8-6-20)31(40)37-16-15-35-27(39)18-37/h5-12,24-25H,1-4,13-18H2,(H,35,39)/t24-,25-/m1/s1. The van der Waals surface area contributed by atoms with Gasteiger partial charge in [-0.15, -0.1) is 11.3 Å². The molecule has 1 aromatic heterocycles. The molecule has 210 valence electrons. The Balaban J connectivity index is 1.34. The van der Waals surface area contributed by atoms with Crippen LogP contribution in [0.1, 0.15) is 66.9 Å². The number of nitrogens with zero attached hydrogens (tertiary/aromatic N) is 3. The van der Waals surface area contributed by atoms with Crippen LogP contribution in [0.3, 0.4) is 0 Å². The molecule has 1 aliphatic heterocycles. The molecule has 2 heterocycles. The number of aromatic nitrogens is 1. The van der Waals surface area contributed by atoms with E-state index in [1.54, 1.807) is 29.2 Å². The van der Waals surface area contributed by atoms with E-state index in [1.807, 2.05) is 12.1 Å². The van der Waals surface area contributed by atoms with E-state index in [0.29, 0.717) is 25.1 Å². The molecule has 6 rings (SSSR count). The fraction of sp³-hybridized carbons (Fsp3) is 0.406. The van der Waals surface area contributed by atoms with Gasteiger partial charge in [-0.25, -0.2) is 9.37 Å². The number of Topliss-reactive ketones (excluding diaryl/α,β-unsaturated/α-hetero) is 1. The summed E-state index contributed by atoms with van der Waals surface area (Å²) in [5, 5.41) is 13.1. The number of ketones is 1. The second-order valence-electron chi connectivity index (χ2n) is 11.4. The summed E-state index contributed by atoms with van der Waals surface area (Å²) < 4.78 is 13.7. The quantitative estimate of drug-likeness (QED) is 0.391. The van der Waals surface area contributed by atoms with Crippen LogP contribution in [0.25, 0.3) is 21.0 Å². The highest BCUT2D eigenvalue weighted by atomic mass is 32.1. The van der Waals surface area contributed by atoms with Crippen LogP contribution in [-0.4, -0.2) is 47.1 Å². The highest BCUT2D eigenvalue weighted by Crippen LogP contribution is 2.51. The molecule has 2 amide bonds. The molecule has 2 atom stereocenters. The van der Waals surface area contributed by atoms with Crippen LogP contribution in [-0.2, 0) is 9.59 Å². The number of amides is 2. The molecule has 0 spiro atoms. The van der Waals surface area contributed by atoms with Gasteiger partial charge in [-0.3, -0.25) is 14.4 Å². The van der Waals surface area contributed by atoms with Crippen molar-refractivity contribution < 1.29 is 18.8 Å². The number of carbonyl (C=O) groups excluding carboxylic acids is 3. The molecule has 2 saturated carbocycles. The Morgan fingerprint density at radius 1 is 1.07 bits per heavy atom. The second kappa shape index (κ2) is 11.2. The van der Waals surface area contributed by atoms with Gasteiger partial charge in [0.1, 0.15) is 16.6 Å². The topological polar surface area (TPSA) is 103 Å². The van der Waals surface area contributed by atoms with Crippen molar-refractivity contribution in [3.63, 3.8) is 0 Å². The number of rotatable bonds is 7. The van der Waals surface area contributed by atoms with Gasteiger partial charge in [-0.05, 0) is 67.6 Å². The summed E-state index contributed by atoms with van der Waals surface area (Å²) in [5.41, 5.74) is 2.58. The van der Waals surface area contributed by atoms with Crippen molar-refractivity contribution in [2.45, 2.75) is 50.9 Å². The number of halogens is 1. The van der Waals surface area contributed by atoms with Gasteiger partial charge in [0.2, 0.25) is 5.91 Å². The minimum absolute atomic E-state index is 0.0464. The molecule has 1 saturated heterocycles. The van der Waals surface area contributed by atoms with Gasteiger partial charge in [0, 0.05) is 42.5 Å². The lowest BCUT2D eigenvalue weighted by molar-refractivity contribution is -0.125. The molecule has 3 aliphatic rings. The van der Waals surface area contributed by atoms with E-state index >= 15 is 0 Å². The van der Waals surface area contributed by atoms with Gasteiger partial charge < -0.3 is 10.2 Å². The van der Waals surface area contributed by atoms with Crippen LogP contribution in [0.15, 0.2) is 48.5 Å². The lowest BCUT2D eigenvalue weighted by atomic mass is 9.73. The van der Waals surface area contributed by atoms with Crippen LogP contribution >= 0.6 is 11.3 Å². The van der Waals surface area contributed by atoms with Crippen LogP contribution in [0.4, 0.5) is 4.39 Å². The number of carbonyl (C=O) groups is 3. The van der Waals surface area contributed by atoms with Crippen molar-refractivity contribution in [2.75, 3.05) is 19.6 Å². The number of thiazole rings is 1. The van der Waals surface area contributed by atoms with Crippen molar-refractivity contribution in [3.05, 3.63) is 65.6 Å². The van der Waals surface area contributed by atoms with E-state index in [9.17, 15) is 24.0 Å². The predicted molar refractivity (Wildman–Crippen MR) is 153 cm³/mol. The molecule has 2 aromatic carbocycles. The number of nitriles is 1. The van der Waals surface area contributed by atoms with Crippen molar-refractivity contribution in [1.82, 2.24) is 15.2 Å². The maximum Gasteiger partial charge on any atom is 0.254 e. The molecule has 9 heteroatoms. The highest BCUT2D eigenvalue weighted by Gasteiger charge is 2.47. The fourth-order valence-electron chi connectivity index (χ4n) is 6.05. The van der Waals surface area contributed by atoms with Gasteiger partial charge >= 0.3 is 0 Å². The number of piperazine rings is 1. The lowest BCUT2D eigenvalue weighted by Crippen LogP contribution is -2.49. The molecule has 0 unspecified atom stereocenters. The van der Waals surface area contributed by atoms with Gasteiger partial charge in [0.05, 0.1) is 28.6 Å². The summed E-state index contributed by atoms with van der Waals surface area (Å²) in [4.78, 5) is 45.9. The molecular formula is C32H31FN4O3S. The minimum Gasteiger partial charge on any atom is -0.353 e. The van der Waals surface area contributed by atoms with Crippen molar-refractivity contribution >= 4 is 28.9 Å². The van der Waals surface area contributed by atoms with Gasteiger partial charge in [-0.2, -0.15) is 5.26 Å². The molecule has 0 bridgehead atoms. The molecular weight excluding hydrogens is 539 g/mol. The van der Waals surface area contributed by atoms with Crippen molar-refractivity contribution in [1.29, 1.82) is 5.26 Å². The van der Waals surface area contributed by atoms with E-state index in [4.69, 9.17) is 4.98 Å². The van der Waals surface area contributed by atoms with Crippen LogP contribution in [0, 0.1) is 28.5 Å². The first-order valence-corrected chi connectivity index (χ1v) is 15.0. The largest absolute Gasteiger partial charge is 0.353 e. The third-order valence-electron chi connectivity index (χ3n) is 8.60. The summed E-state index contributed by atoms with van der Waals surface area (Å²) in [7, 11) is 0. The van der Waals surface area contributed by atoms with E-state index in [-0.39, 0.29) is 41.8 Å². The number of nitrogens with one attached hydrogen (secondary N) is 1. The maximum absolute atomic E-state index is 13.7. The van der Waals surface area contributed by atoms with Crippen molar-refractivity contribution in [3.8, 4) is 27.1 Å². The molecule has 3 fully saturated rings. The van der Waals surface area contributed by atoms with Gasteiger partial charge in [0.15, 0.2) is 0 Å². The molecule has 2 aliphatic carbocycles. The average Bonchev–Trinajstić information content (AvgIpc) is 3.63.